The second-order valence-corrected chi connectivity index (χ2v) is 11.5. The van der Waals surface area contributed by atoms with E-state index in [1.54, 1.807) is 0 Å². The van der Waals surface area contributed by atoms with E-state index in [0.717, 1.165) is 18.4 Å². The van der Waals surface area contributed by atoms with E-state index in [4.69, 9.17) is 9.31 Å². The summed E-state index contributed by atoms with van der Waals surface area (Å²) in [4.78, 5) is 25.2. The molecule has 180 valence electrons. The summed E-state index contributed by atoms with van der Waals surface area (Å²) in [7, 11) is -0.476. The van der Waals surface area contributed by atoms with Gasteiger partial charge in [0.2, 0.25) is 11.8 Å². The zero-order valence-corrected chi connectivity index (χ0v) is 20.9. The number of carbonyl (C=O) groups excluding carboxylic acids is 2. The van der Waals surface area contributed by atoms with Crippen molar-refractivity contribution in [1.29, 1.82) is 0 Å². The van der Waals surface area contributed by atoms with Gasteiger partial charge in [0.15, 0.2) is 0 Å². The Morgan fingerprint density at radius 1 is 1.12 bits per heavy atom. The Hall–Kier alpha value is -1.86. The van der Waals surface area contributed by atoms with E-state index >= 15 is 0 Å². The molecule has 33 heavy (non-hydrogen) atoms. The van der Waals surface area contributed by atoms with Crippen molar-refractivity contribution < 1.29 is 18.9 Å². The second-order valence-electron chi connectivity index (χ2n) is 11.5. The third kappa shape index (κ3) is 4.72. The largest absolute Gasteiger partial charge is 0.481 e. The number of benzene rings is 1. The van der Waals surface area contributed by atoms with E-state index in [0.29, 0.717) is 24.2 Å². The van der Waals surface area contributed by atoms with E-state index in [9.17, 15) is 9.59 Å². The van der Waals surface area contributed by atoms with Crippen LogP contribution in [-0.4, -0.2) is 42.6 Å². The van der Waals surface area contributed by atoms with Crippen LogP contribution >= 0.6 is 0 Å². The Labute approximate surface area is 198 Å². The fraction of sp³-hybridized carbons (Fsp3) is 0.692. The monoisotopic (exact) mass is 454 g/mol. The molecule has 2 amide bonds. The third-order valence-corrected chi connectivity index (χ3v) is 8.33. The summed E-state index contributed by atoms with van der Waals surface area (Å²) >= 11 is 0. The highest BCUT2D eigenvalue weighted by molar-refractivity contribution is 6.47. The van der Waals surface area contributed by atoms with Crippen LogP contribution in [0.1, 0.15) is 66.4 Å². The number of rotatable bonds is 8. The van der Waals surface area contributed by atoms with Crippen molar-refractivity contribution in [3.05, 3.63) is 35.9 Å². The summed E-state index contributed by atoms with van der Waals surface area (Å²) in [5, 5.41) is 6.02. The van der Waals surface area contributed by atoms with Crippen LogP contribution in [0.15, 0.2) is 30.3 Å². The maximum absolute atomic E-state index is 13.4. The van der Waals surface area contributed by atoms with Crippen molar-refractivity contribution in [3.8, 4) is 0 Å². The molecule has 5 rings (SSSR count). The van der Waals surface area contributed by atoms with Crippen molar-refractivity contribution in [3.63, 3.8) is 0 Å². The molecule has 3 aliphatic carbocycles. The molecule has 6 atom stereocenters. The Morgan fingerprint density at radius 2 is 1.82 bits per heavy atom. The lowest BCUT2D eigenvalue weighted by Crippen LogP contribution is -2.65. The predicted molar refractivity (Wildman–Crippen MR) is 129 cm³/mol. The Morgan fingerprint density at radius 3 is 2.42 bits per heavy atom. The standard InChI is InChI=1S/C26H39BN2O4/c1-16(2)12-23(27-32-22-15-19-14-21(25(19,4)5)26(22,6)33-27)29-24(31)20(28-17(3)30)13-18-10-8-7-9-11-18/h7-11,16,19-23H,12-15H2,1-6H3,(H,28,30)(H,29,31)/t19-,20-,21-,22+,23-,26-/m0/s1. The average molecular weight is 454 g/mol. The molecule has 2 bridgehead atoms. The fourth-order valence-electron chi connectivity index (χ4n) is 6.40. The van der Waals surface area contributed by atoms with Crippen LogP contribution < -0.4 is 10.6 Å². The summed E-state index contributed by atoms with van der Waals surface area (Å²) in [6.45, 7) is 12.6. The average Bonchev–Trinajstić information content (AvgIpc) is 3.10. The van der Waals surface area contributed by atoms with Gasteiger partial charge in [0.1, 0.15) is 6.04 Å². The van der Waals surface area contributed by atoms with E-state index in [-0.39, 0.29) is 34.9 Å². The van der Waals surface area contributed by atoms with Gasteiger partial charge in [-0.05, 0) is 54.9 Å². The number of amides is 2. The van der Waals surface area contributed by atoms with Gasteiger partial charge in [0.05, 0.1) is 17.6 Å². The highest BCUT2D eigenvalue weighted by Crippen LogP contribution is 2.65. The lowest BCUT2D eigenvalue weighted by molar-refractivity contribution is -0.199. The molecule has 6 nitrogen and oxygen atoms in total. The van der Waals surface area contributed by atoms with Crippen LogP contribution in [-0.2, 0) is 25.3 Å². The first kappa shape index (κ1) is 24.3. The van der Waals surface area contributed by atoms with Gasteiger partial charge in [-0.1, -0.05) is 58.0 Å². The SMILES string of the molecule is CC(=O)N[C@@H](Cc1ccccc1)C(=O)N[C@@H](CC(C)C)B1O[C@@H]2C[C@@H]3C[C@@H](C3(C)C)[C@]2(C)O1. The second kappa shape index (κ2) is 9.07. The van der Waals surface area contributed by atoms with Gasteiger partial charge in [0, 0.05) is 13.3 Å². The van der Waals surface area contributed by atoms with Crippen LogP contribution in [0.3, 0.4) is 0 Å². The summed E-state index contributed by atoms with van der Waals surface area (Å²) in [6, 6.07) is 9.11. The van der Waals surface area contributed by atoms with Gasteiger partial charge in [0.25, 0.3) is 0 Å². The van der Waals surface area contributed by atoms with E-state index in [1.807, 2.05) is 30.3 Å². The van der Waals surface area contributed by atoms with Gasteiger partial charge in [-0.15, -0.1) is 0 Å². The summed E-state index contributed by atoms with van der Waals surface area (Å²) in [5.41, 5.74) is 0.955. The van der Waals surface area contributed by atoms with E-state index in [1.165, 1.54) is 13.3 Å². The lowest BCUT2D eigenvalue weighted by atomic mass is 9.43. The van der Waals surface area contributed by atoms with Crippen LogP contribution in [0.5, 0.6) is 0 Å². The first-order valence-corrected chi connectivity index (χ1v) is 12.5. The van der Waals surface area contributed by atoms with E-state index in [2.05, 4.69) is 45.3 Å². The molecule has 1 heterocycles. The minimum atomic E-state index is -0.648. The maximum Gasteiger partial charge on any atom is 0.481 e. The minimum Gasteiger partial charge on any atom is -0.404 e. The molecule has 1 aromatic carbocycles. The van der Waals surface area contributed by atoms with Crippen molar-refractivity contribution >= 4 is 18.9 Å². The number of hydrogen-bond donors (Lipinski definition) is 2. The molecule has 1 aromatic rings. The topological polar surface area (TPSA) is 76.7 Å². The van der Waals surface area contributed by atoms with Crippen LogP contribution in [0.2, 0.25) is 0 Å². The molecule has 0 spiro atoms. The van der Waals surface area contributed by atoms with Gasteiger partial charge in [-0.3, -0.25) is 9.59 Å². The minimum absolute atomic E-state index is 0.0706. The molecule has 0 aromatic heterocycles. The number of hydrogen-bond acceptors (Lipinski definition) is 4. The molecule has 0 unspecified atom stereocenters. The molecule has 1 aliphatic heterocycles. The zero-order chi connectivity index (χ0) is 24.0. The lowest BCUT2D eigenvalue weighted by Gasteiger charge is -2.64. The highest BCUT2D eigenvalue weighted by Gasteiger charge is 2.68. The smallest absolute Gasteiger partial charge is 0.404 e. The Bertz CT molecular complexity index is 876. The molecule has 0 radical (unpaired) electrons. The van der Waals surface area contributed by atoms with Crippen molar-refractivity contribution in [2.45, 2.75) is 90.9 Å². The van der Waals surface area contributed by atoms with Crippen molar-refractivity contribution in [2.75, 3.05) is 0 Å². The molecule has 7 heteroatoms. The number of carbonyl (C=O) groups is 2. The van der Waals surface area contributed by atoms with Gasteiger partial charge in [-0.2, -0.15) is 0 Å². The van der Waals surface area contributed by atoms with Gasteiger partial charge >= 0.3 is 7.12 Å². The molecular weight excluding hydrogens is 415 g/mol. The normalized spacial score (nSPS) is 31.4. The maximum atomic E-state index is 13.4. The fourth-order valence-corrected chi connectivity index (χ4v) is 6.40. The van der Waals surface area contributed by atoms with Gasteiger partial charge < -0.3 is 19.9 Å². The van der Waals surface area contributed by atoms with Crippen molar-refractivity contribution in [1.82, 2.24) is 10.6 Å². The summed E-state index contributed by atoms with van der Waals surface area (Å²) in [5.74, 6) is 0.816. The molecular formula is C26H39BN2O4. The molecule has 2 N–H and O–H groups in total. The van der Waals surface area contributed by atoms with Crippen molar-refractivity contribution in [2.24, 2.45) is 23.2 Å². The zero-order valence-electron chi connectivity index (χ0n) is 20.9. The Kier molecular flexibility index (Phi) is 6.67. The Balaban J connectivity index is 1.49. The highest BCUT2D eigenvalue weighted by atomic mass is 16.7. The quantitative estimate of drug-likeness (QED) is 0.590. The first-order valence-electron chi connectivity index (χ1n) is 12.5. The molecule has 4 aliphatic rings. The number of nitrogens with one attached hydrogen (secondary N) is 2. The molecule has 1 saturated heterocycles. The summed E-state index contributed by atoms with van der Waals surface area (Å²) in [6.07, 6.45) is 3.46. The predicted octanol–water partition coefficient (Wildman–Crippen LogP) is 3.53. The van der Waals surface area contributed by atoms with Crippen LogP contribution in [0, 0.1) is 23.2 Å². The molecule has 4 fully saturated rings. The van der Waals surface area contributed by atoms with E-state index < -0.39 is 13.2 Å². The summed E-state index contributed by atoms with van der Waals surface area (Å²) < 4.78 is 13.1. The molecule has 3 saturated carbocycles. The third-order valence-electron chi connectivity index (χ3n) is 8.33. The van der Waals surface area contributed by atoms with Crippen LogP contribution in [0.4, 0.5) is 0 Å². The van der Waals surface area contributed by atoms with Gasteiger partial charge in [-0.25, -0.2) is 0 Å². The first-order chi connectivity index (χ1) is 15.5. The van der Waals surface area contributed by atoms with Crippen LogP contribution in [0.25, 0.3) is 0 Å².